The highest BCUT2D eigenvalue weighted by molar-refractivity contribution is 5.99. The van der Waals surface area contributed by atoms with Crippen LogP contribution < -0.4 is 10.2 Å². The lowest BCUT2D eigenvalue weighted by Gasteiger charge is -2.21. The van der Waals surface area contributed by atoms with Crippen molar-refractivity contribution in [1.82, 2.24) is 0 Å². The first-order chi connectivity index (χ1) is 11.5. The predicted molar refractivity (Wildman–Crippen MR) is 92.7 cm³/mol. The second-order valence-corrected chi connectivity index (χ2v) is 5.77. The van der Waals surface area contributed by atoms with E-state index >= 15 is 0 Å². The van der Waals surface area contributed by atoms with Gasteiger partial charge in [0, 0.05) is 12.5 Å². The standard InChI is InChI=1S/C10H10O2.C10H8O2/c2*1-7-6-9(11)8-4-2-3-5-10(8)12-7/h2-5,7H,6H2,1H3;2-6H,1H3. The molecule has 1 aromatic heterocycles. The zero-order chi connectivity index (χ0) is 17.1. The molecule has 122 valence electrons. The van der Waals surface area contributed by atoms with Crippen LogP contribution in [0.5, 0.6) is 5.75 Å². The van der Waals surface area contributed by atoms with E-state index in [1.54, 1.807) is 19.1 Å². The summed E-state index contributed by atoms with van der Waals surface area (Å²) in [6.07, 6.45) is 0.518. The Morgan fingerprint density at radius 1 is 1.00 bits per heavy atom. The molecular weight excluding hydrogens is 304 g/mol. The Hall–Kier alpha value is -2.88. The zero-order valence-corrected chi connectivity index (χ0v) is 13.6. The maximum absolute atomic E-state index is 11.4. The van der Waals surface area contributed by atoms with Gasteiger partial charge in [0.05, 0.1) is 10.9 Å². The molecule has 0 amide bonds. The summed E-state index contributed by atoms with van der Waals surface area (Å²) in [6.45, 7) is 3.68. The number of rotatable bonds is 0. The van der Waals surface area contributed by atoms with E-state index in [0.29, 0.717) is 23.2 Å². The van der Waals surface area contributed by atoms with Gasteiger partial charge in [-0.2, -0.15) is 0 Å². The molecule has 4 nitrogen and oxygen atoms in total. The SMILES string of the molecule is CC1CC(=O)c2ccccc2O1.Cc1cc(=O)c2ccccc2o1. The van der Waals surface area contributed by atoms with E-state index in [-0.39, 0.29) is 17.3 Å². The Labute approximate surface area is 139 Å². The van der Waals surface area contributed by atoms with Gasteiger partial charge in [-0.05, 0) is 38.1 Å². The lowest BCUT2D eigenvalue weighted by Crippen LogP contribution is -2.23. The molecule has 0 saturated heterocycles. The van der Waals surface area contributed by atoms with Crippen molar-refractivity contribution in [3.63, 3.8) is 0 Å². The van der Waals surface area contributed by atoms with Gasteiger partial charge < -0.3 is 9.15 Å². The zero-order valence-electron chi connectivity index (χ0n) is 13.6. The number of ether oxygens (including phenoxy) is 1. The summed E-state index contributed by atoms with van der Waals surface area (Å²) in [5, 5.41) is 0.642. The number of para-hydroxylation sites is 2. The van der Waals surface area contributed by atoms with Crippen LogP contribution in [-0.4, -0.2) is 11.9 Å². The second-order valence-electron chi connectivity index (χ2n) is 5.77. The van der Waals surface area contributed by atoms with E-state index < -0.39 is 0 Å². The summed E-state index contributed by atoms with van der Waals surface area (Å²) in [4.78, 5) is 22.8. The van der Waals surface area contributed by atoms with Gasteiger partial charge in [-0.3, -0.25) is 9.59 Å². The highest BCUT2D eigenvalue weighted by atomic mass is 16.5. The van der Waals surface area contributed by atoms with E-state index in [1.807, 2.05) is 43.3 Å². The normalized spacial score (nSPS) is 15.9. The molecule has 0 fully saturated rings. The van der Waals surface area contributed by atoms with Crippen LogP contribution in [-0.2, 0) is 0 Å². The molecule has 0 spiro atoms. The maximum atomic E-state index is 11.4. The van der Waals surface area contributed by atoms with Crippen molar-refractivity contribution in [3.05, 3.63) is 76.1 Å². The smallest absolute Gasteiger partial charge is 0.192 e. The molecule has 1 unspecified atom stereocenters. The Balaban J connectivity index is 0.000000141. The third-order valence-corrected chi connectivity index (χ3v) is 3.75. The summed E-state index contributed by atoms with van der Waals surface area (Å²) >= 11 is 0. The number of carbonyl (C=O) groups is 1. The first-order valence-electron chi connectivity index (χ1n) is 7.83. The molecule has 4 rings (SSSR count). The Morgan fingerprint density at radius 2 is 1.71 bits per heavy atom. The van der Waals surface area contributed by atoms with Crippen molar-refractivity contribution in [1.29, 1.82) is 0 Å². The second kappa shape index (κ2) is 6.71. The third kappa shape index (κ3) is 3.38. The van der Waals surface area contributed by atoms with Gasteiger partial charge in [0.1, 0.15) is 23.2 Å². The number of ketones is 1. The number of aryl methyl sites for hydroxylation is 1. The van der Waals surface area contributed by atoms with Crippen LogP contribution in [0, 0.1) is 6.92 Å². The van der Waals surface area contributed by atoms with Crippen molar-refractivity contribution in [3.8, 4) is 5.75 Å². The molecule has 24 heavy (non-hydrogen) atoms. The molecule has 1 aliphatic rings. The van der Waals surface area contributed by atoms with Crippen LogP contribution in [0.25, 0.3) is 11.0 Å². The summed E-state index contributed by atoms with van der Waals surface area (Å²) in [5.41, 5.74) is 1.40. The van der Waals surface area contributed by atoms with Gasteiger partial charge in [-0.15, -0.1) is 0 Å². The molecule has 2 aromatic carbocycles. The fourth-order valence-corrected chi connectivity index (χ4v) is 2.65. The van der Waals surface area contributed by atoms with Crippen LogP contribution in [0.4, 0.5) is 0 Å². The molecule has 1 atom stereocenters. The minimum atomic E-state index is 0.0207. The quantitative estimate of drug-likeness (QED) is 0.624. The summed E-state index contributed by atoms with van der Waals surface area (Å²) in [5.74, 6) is 1.56. The van der Waals surface area contributed by atoms with Crippen LogP contribution in [0.2, 0.25) is 0 Å². The summed E-state index contributed by atoms with van der Waals surface area (Å²) < 4.78 is 10.8. The van der Waals surface area contributed by atoms with E-state index in [2.05, 4.69) is 0 Å². The number of benzene rings is 2. The molecule has 4 heteroatoms. The molecule has 0 bridgehead atoms. The number of hydrogen-bond acceptors (Lipinski definition) is 4. The molecular formula is C20H18O4. The Morgan fingerprint density at radius 3 is 2.54 bits per heavy atom. The van der Waals surface area contributed by atoms with Crippen LogP contribution in [0.3, 0.4) is 0 Å². The van der Waals surface area contributed by atoms with Crippen molar-refractivity contribution in [2.75, 3.05) is 0 Å². The van der Waals surface area contributed by atoms with Gasteiger partial charge in [0.25, 0.3) is 0 Å². The molecule has 2 heterocycles. The predicted octanol–water partition coefficient (Wildman–Crippen LogP) is 4.14. The minimum absolute atomic E-state index is 0.0207. The number of fused-ring (bicyclic) bond motifs is 2. The number of carbonyl (C=O) groups excluding carboxylic acids is 1. The van der Waals surface area contributed by atoms with Gasteiger partial charge in [-0.1, -0.05) is 24.3 Å². The van der Waals surface area contributed by atoms with Crippen molar-refractivity contribution < 1.29 is 13.9 Å². The van der Waals surface area contributed by atoms with Gasteiger partial charge >= 0.3 is 0 Å². The molecule has 0 saturated carbocycles. The van der Waals surface area contributed by atoms with Crippen LogP contribution in [0.1, 0.15) is 29.5 Å². The van der Waals surface area contributed by atoms with E-state index in [4.69, 9.17) is 9.15 Å². The fourth-order valence-electron chi connectivity index (χ4n) is 2.65. The van der Waals surface area contributed by atoms with Crippen molar-refractivity contribution in [2.24, 2.45) is 0 Å². The Bertz CT molecular complexity index is 940. The molecule has 0 N–H and O–H groups in total. The molecule has 0 aliphatic carbocycles. The number of Topliss-reactive ketones (excluding diaryl/α,β-unsaturated/α-hetero) is 1. The Kier molecular flexibility index (Phi) is 4.47. The highest BCUT2D eigenvalue weighted by Gasteiger charge is 2.22. The van der Waals surface area contributed by atoms with Crippen LogP contribution in [0.15, 0.2) is 63.8 Å². The molecule has 0 radical (unpaired) electrons. The first-order valence-corrected chi connectivity index (χ1v) is 7.83. The van der Waals surface area contributed by atoms with Crippen molar-refractivity contribution >= 4 is 16.8 Å². The first kappa shape index (κ1) is 16.0. The average Bonchev–Trinajstić information content (AvgIpc) is 2.55. The monoisotopic (exact) mass is 322 g/mol. The highest BCUT2D eigenvalue weighted by Crippen LogP contribution is 2.26. The summed E-state index contributed by atoms with van der Waals surface area (Å²) in [6, 6.07) is 16.1. The largest absolute Gasteiger partial charge is 0.489 e. The lowest BCUT2D eigenvalue weighted by molar-refractivity contribution is 0.0871. The lowest BCUT2D eigenvalue weighted by atomic mass is 10.0. The topological polar surface area (TPSA) is 56.5 Å². The number of hydrogen-bond donors (Lipinski definition) is 0. The van der Waals surface area contributed by atoms with E-state index in [0.717, 1.165) is 11.3 Å². The fraction of sp³-hybridized carbons (Fsp3) is 0.200. The van der Waals surface area contributed by atoms with Crippen molar-refractivity contribution in [2.45, 2.75) is 26.4 Å². The maximum Gasteiger partial charge on any atom is 0.192 e. The summed E-state index contributed by atoms with van der Waals surface area (Å²) in [7, 11) is 0. The van der Waals surface area contributed by atoms with Gasteiger partial charge in [0.2, 0.25) is 0 Å². The average molecular weight is 322 g/mol. The van der Waals surface area contributed by atoms with Gasteiger partial charge in [-0.25, -0.2) is 0 Å². The molecule has 3 aromatic rings. The van der Waals surface area contributed by atoms with E-state index in [1.165, 1.54) is 6.07 Å². The minimum Gasteiger partial charge on any atom is -0.489 e. The van der Waals surface area contributed by atoms with Crippen LogP contribution >= 0.6 is 0 Å². The third-order valence-electron chi connectivity index (χ3n) is 3.75. The van der Waals surface area contributed by atoms with Gasteiger partial charge in [0.15, 0.2) is 11.2 Å². The van der Waals surface area contributed by atoms with E-state index in [9.17, 15) is 9.59 Å². The molecule has 1 aliphatic heterocycles.